The fraction of sp³-hybridized carbons (Fsp3) is 0.0909. The molecule has 1 aromatic carbocycles. The first-order chi connectivity index (χ1) is 7.58. The summed E-state index contributed by atoms with van der Waals surface area (Å²) in [6.45, 7) is 0.281. The van der Waals surface area contributed by atoms with Gasteiger partial charge in [0.2, 0.25) is 0 Å². The lowest BCUT2D eigenvalue weighted by molar-refractivity contribution is 0.377. The van der Waals surface area contributed by atoms with E-state index in [1.165, 1.54) is 22.8 Å². The van der Waals surface area contributed by atoms with E-state index in [0.717, 1.165) is 5.56 Å². The average molecular weight is 286 g/mol. The van der Waals surface area contributed by atoms with Crippen LogP contribution in [0.5, 0.6) is 11.8 Å². The van der Waals surface area contributed by atoms with Gasteiger partial charge in [0.15, 0.2) is 11.8 Å². The van der Waals surface area contributed by atoms with Crippen molar-refractivity contribution in [3.8, 4) is 11.8 Å². The Labute approximate surface area is 99.9 Å². The molecule has 2 rings (SSSR count). The fourth-order valence-electron chi connectivity index (χ4n) is 1.43. The monoisotopic (exact) mass is 285 g/mol. The lowest BCUT2D eigenvalue weighted by atomic mass is 10.2. The van der Waals surface area contributed by atoms with Crippen molar-refractivity contribution in [3.05, 3.63) is 46.2 Å². The smallest absolute Gasteiger partial charge is 0.194 e. The number of benzene rings is 1. The Kier molecular flexibility index (Phi) is 2.87. The van der Waals surface area contributed by atoms with Crippen LogP contribution in [0.2, 0.25) is 0 Å². The third kappa shape index (κ3) is 2.04. The van der Waals surface area contributed by atoms with Gasteiger partial charge in [-0.15, -0.1) is 0 Å². The van der Waals surface area contributed by atoms with Crippen molar-refractivity contribution >= 4 is 15.9 Å². The van der Waals surface area contributed by atoms with E-state index in [0.29, 0.717) is 4.47 Å². The summed E-state index contributed by atoms with van der Waals surface area (Å²) in [5, 5.41) is 18.9. The molecule has 0 spiro atoms. The average Bonchev–Trinajstić information content (AvgIpc) is 2.55. The molecule has 0 saturated carbocycles. The molecule has 0 aliphatic carbocycles. The number of nitrogens with zero attached hydrogens (tertiary/aromatic N) is 1. The Morgan fingerprint density at radius 3 is 2.31 bits per heavy atom. The van der Waals surface area contributed by atoms with E-state index >= 15 is 0 Å². The summed E-state index contributed by atoms with van der Waals surface area (Å²) in [6, 6.07) is 7.33. The Hall–Kier alpha value is -1.49. The van der Waals surface area contributed by atoms with Gasteiger partial charge in [0.1, 0.15) is 5.82 Å². The number of hydrogen-bond donors (Lipinski definition) is 2. The molecule has 84 valence electrons. The van der Waals surface area contributed by atoms with Gasteiger partial charge in [-0.3, -0.25) is 4.57 Å². The van der Waals surface area contributed by atoms with E-state index in [1.54, 1.807) is 12.1 Å². The molecular weight excluding hydrogens is 277 g/mol. The van der Waals surface area contributed by atoms with Crippen molar-refractivity contribution in [2.75, 3.05) is 0 Å². The number of aromatic nitrogens is 1. The van der Waals surface area contributed by atoms with Gasteiger partial charge in [0, 0.05) is 12.1 Å². The second-order valence-corrected chi connectivity index (χ2v) is 4.24. The van der Waals surface area contributed by atoms with Gasteiger partial charge < -0.3 is 10.2 Å². The first-order valence-corrected chi connectivity index (χ1v) is 5.38. The summed E-state index contributed by atoms with van der Waals surface area (Å²) >= 11 is 3.08. The largest absolute Gasteiger partial charge is 0.494 e. The van der Waals surface area contributed by atoms with E-state index in [9.17, 15) is 14.6 Å². The van der Waals surface area contributed by atoms with E-state index in [1.807, 2.05) is 0 Å². The van der Waals surface area contributed by atoms with Crippen LogP contribution >= 0.6 is 15.9 Å². The molecule has 2 N–H and O–H groups in total. The van der Waals surface area contributed by atoms with Gasteiger partial charge in [0.05, 0.1) is 11.0 Å². The number of halogens is 2. The summed E-state index contributed by atoms with van der Waals surface area (Å²) in [6.07, 6.45) is 0. The van der Waals surface area contributed by atoms with Gasteiger partial charge in [-0.2, -0.15) is 0 Å². The Morgan fingerprint density at radius 2 is 1.75 bits per heavy atom. The summed E-state index contributed by atoms with van der Waals surface area (Å²) in [4.78, 5) is 0. The molecular formula is C11H9BrFNO2. The molecule has 0 aliphatic rings. The minimum atomic E-state index is -0.343. The van der Waals surface area contributed by atoms with Crippen LogP contribution < -0.4 is 0 Å². The Bertz CT molecular complexity index is 505. The lowest BCUT2D eigenvalue weighted by Gasteiger charge is -2.07. The molecule has 1 aromatic heterocycles. The van der Waals surface area contributed by atoms with Gasteiger partial charge in [0.25, 0.3) is 0 Å². The van der Waals surface area contributed by atoms with Crippen LogP contribution in [0.4, 0.5) is 4.39 Å². The summed E-state index contributed by atoms with van der Waals surface area (Å²) < 4.78 is 14.7. The summed E-state index contributed by atoms with van der Waals surface area (Å²) in [5.74, 6) is -0.402. The zero-order chi connectivity index (χ0) is 11.7. The van der Waals surface area contributed by atoms with Gasteiger partial charge >= 0.3 is 0 Å². The predicted octanol–water partition coefficient (Wildman–Crippen LogP) is 2.85. The minimum absolute atomic E-state index is 0.0297. The molecule has 0 atom stereocenters. The first kappa shape index (κ1) is 11.0. The van der Waals surface area contributed by atoms with Crippen molar-refractivity contribution in [1.29, 1.82) is 0 Å². The Morgan fingerprint density at radius 1 is 1.12 bits per heavy atom. The minimum Gasteiger partial charge on any atom is -0.494 e. The highest BCUT2D eigenvalue weighted by Crippen LogP contribution is 2.24. The molecule has 16 heavy (non-hydrogen) atoms. The highest BCUT2D eigenvalue weighted by atomic mass is 79.9. The van der Waals surface area contributed by atoms with Crippen LogP contribution in [0, 0.1) is 5.82 Å². The van der Waals surface area contributed by atoms with E-state index in [2.05, 4.69) is 15.9 Å². The normalized spacial score (nSPS) is 10.6. The van der Waals surface area contributed by atoms with E-state index < -0.39 is 0 Å². The van der Waals surface area contributed by atoms with Crippen LogP contribution in [0.1, 0.15) is 5.56 Å². The molecule has 1 heterocycles. The quantitative estimate of drug-likeness (QED) is 0.891. The Balaban J connectivity index is 2.31. The van der Waals surface area contributed by atoms with Crippen molar-refractivity contribution < 1.29 is 14.6 Å². The van der Waals surface area contributed by atoms with Crippen LogP contribution in [-0.2, 0) is 6.54 Å². The number of aromatic hydroxyl groups is 2. The second-order valence-electron chi connectivity index (χ2n) is 3.38. The van der Waals surface area contributed by atoms with Gasteiger partial charge in [-0.1, -0.05) is 6.07 Å². The van der Waals surface area contributed by atoms with Gasteiger partial charge in [-0.05, 0) is 33.6 Å². The fourth-order valence-corrected chi connectivity index (χ4v) is 1.86. The molecule has 0 unspecified atom stereocenters. The van der Waals surface area contributed by atoms with Crippen LogP contribution in [0.25, 0.3) is 0 Å². The molecule has 0 amide bonds. The third-order valence-electron chi connectivity index (χ3n) is 2.26. The van der Waals surface area contributed by atoms with Crippen molar-refractivity contribution in [2.45, 2.75) is 6.54 Å². The molecule has 0 aliphatic heterocycles. The third-order valence-corrected chi connectivity index (χ3v) is 2.87. The first-order valence-electron chi connectivity index (χ1n) is 4.59. The predicted molar refractivity (Wildman–Crippen MR) is 61.0 cm³/mol. The molecule has 3 nitrogen and oxygen atoms in total. The SMILES string of the molecule is Oc1ccc(O)n1Cc1ccc(F)c(Br)c1. The molecule has 0 saturated heterocycles. The summed E-state index contributed by atoms with van der Waals surface area (Å²) in [7, 11) is 0. The van der Waals surface area contributed by atoms with Crippen molar-refractivity contribution in [3.63, 3.8) is 0 Å². The number of rotatable bonds is 2. The topological polar surface area (TPSA) is 45.4 Å². The molecule has 0 fully saturated rings. The second kappa shape index (κ2) is 4.17. The maximum atomic E-state index is 13.0. The summed E-state index contributed by atoms with van der Waals surface area (Å²) in [5.41, 5.74) is 0.773. The van der Waals surface area contributed by atoms with Crippen LogP contribution in [-0.4, -0.2) is 14.8 Å². The van der Waals surface area contributed by atoms with Gasteiger partial charge in [-0.25, -0.2) is 4.39 Å². The highest BCUT2D eigenvalue weighted by molar-refractivity contribution is 9.10. The maximum absolute atomic E-state index is 13.0. The van der Waals surface area contributed by atoms with Crippen molar-refractivity contribution in [2.24, 2.45) is 0 Å². The lowest BCUT2D eigenvalue weighted by Crippen LogP contribution is -1.98. The zero-order valence-corrected chi connectivity index (χ0v) is 9.78. The van der Waals surface area contributed by atoms with E-state index in [-0.39, 0.29) is 24.1 Å². The molecule has 0 bridgehead atoms. The van der Waals surface area contributed by atoms with Crippen molar-refractivity contribution in [1.82, 2.24) is 4.57 Å². The highest BCUT2D eigenvalue weighted by Gasteiger charge is 2.07. The van der Waals surface area contributed by atoms with Crippen LogP contribution in [0.3, 0.4) is 0 Å². The van der Waals surface area contributed by atoms with E-state index in [4.69, 9.17) is 0 Å². The zero-order valence-electron chi connectivity index (χ0n) is 8.19. The molecule has 0 radical (unpaired) electrons. The molecule has 2 aromatic rings. The molecule has 5 heteroatoms. The standard InChI is InChI=1S/C11H9BrFNO2/c12-8-5-7(1-2-9(8)13)6-14-10(15)3-4-11(14)16/h1-5,15-16H,6H2. The maximum Gasteiger partial charge on any atom is 0.194 e. The number of hydrogen-bond acceptors (Lipinski definition) is 2. The van der Waals surface area contributed by atoms with Crippen LogP contribution in [0.15, 0.2) is 34.8 Å².